The van der Waals surface area contributed by atoms with Crippen molar-refractivity contribution >= 4 is 21.9 Å². The summed E-state index contributed by atoms with van der Waals surface area (Å²) in [5.74, 6) is -1.82. The van der Waals surface area contributed by atoms with E-state index in [1.165, 1.54) is 18.2 Å². The number of carbonyl (C=O) groups is 1. The Morgan fingerprint density at radius 2 is 2.12 bits per heavy atom. The van der Waals surface area contributed by atoms with E-state index in [4.69, 9.17) is 10.8 Å². The predicted molar refractivity (Wildman–Crippen MR) is 62.1 cm³/mol. The third-order valence-corrected chi connectivity index (χ3v) is 4.18. The minimum absolute atomic E-state index is 0.0232. The Kier molecular flexibility index (Phi) is 2.76. The van der Waals surface area contributed by atoms with Gasteiger partial charge in [0.2, 0.25) is 0 Å². The van der Waals surface area contributed by atoms with E-state index in [9.17, 15) is 13.2 Å². The first kappa shape index (κ1) is 11.8. The number of hydrogen-bond acceptors (Lipinski definition) is 4. The van der Waals surface area contributed by atoms with E-state index in [2.05, 4.69) is 0 Å². The SMILES string of the molecule is NCC(C(=O)O)c1ccc2c(c1)C=CS2(=O)=O. The molecule has 0 saturated carbocycles. The first-order chi connectivity index (χ1) is 7.95. The van der Waals surface area contributed by atoms with E-state index in [1.54, 1.807) is 6.07 Å². The standard InChI is InChI=1S/C11H11NO4S/c12-6-9(11(13)14)7-1-2-10-8(5-7)3-4-17(10,15)16/h1-5,9H,6,12H2,(H,13,14). The Morgan fingerprint density at radius 3 is 2.71 bits per heavy atom. The van der Waals surface area contributed by atoms with Gasteiger partial charge in [-0.05, 0) is 29.3 Å². The smallest absolute Gasteiger partial charge is 0.312 e. The van der Waals surface area contributed by atoms with Crippen molar-refractivity contribution in [2.75, 3.05) is 6.54 Å². The van der Waals surface area contributed by atoms with Crippen molar-refractivity contribution in [2.24, 2.45) is 5.73 Å². The molecule has 17 heavy (non-hydrogen) atoms. The Hall–Kier alpha value is -1.66. The highest BCUT2D eigenvalue weighted by molar-refractivity contribution is 7.94. The van der Waals surface area contributed by atoms with Gasteiger partial charge >= 0.3 is 5.97 Å². The van der Waals surface area contributed by atoms with Crippen LogP contribution in [0.3, 0.4) is 0 Å². The number of carboxylic acids is 1. The summed E-state index contributed by atoms with van der Waals surface area (Å²) in [5.41, 5.74) is 6.42. The molecule has 1 aromatic rings. The van der Waals surface area contributed by atoms with Crippen molar-refractivity contribution in [3.05, 3.63) is 34.7 Å². The molecule has 5 nitrogen and oxygen atoms in total. The number of fused-ring (bicyclic) bond motifs is 1. The molecule has 2 rings (SSSR count). The van der Waals surface area contributed by atoms with Crippen LogP contribution in [-0.2, 0) is 14.6 Å². The molecule has 1 aliphatic rings. The second-order valence-electron chi connectivity index (χ2n) is 3.77. The fraction of sp³-hybridized carbons (Fsp3) is 0.182. The maximum atomic E-state index is 11.5. The van der Waals surface area contributed by atoms with Gasteiger partial charge in [-0.3, -0.25) is 4.79 Å². The van der Waals surface area contributed by atoms with Crippen molar-refractivity contribution < 1.29 is 18.3 Å². The first-order valence-electron chi connectivity index (χ1n) is 4.95. The van der Waals surface area contributed by atoms with E-state index < -0.39 is 21.7 Å². The normalized spacial score (nSPS) is 17.7. The maximum Gasteiger partial charge on any atom is 0.312 e. The van der Waals surface area contributed by atoms with E-state index in [-0.39, 0.29) is 11.4 Å². The van der Waals surface area contributed by atoms with Gasteiger partial charge in [0.1, 0.15) is 0 Å². The predicted octanol–water partition coefficient (Wildman–Crippen LogP) is 0.571. The molecule has 1 unspecified atom stereocenters. The van der Waals surface area contributed by atoms with Crippen LogP contribution in [0.2, 0.25) is 0 Å². The molecule has 0 fully saturated rings. The number of aliphatic carboxylic acids is 1. The Bertz CT molecular complexity index is 604. The highest BCUT2D eigenvalue weighted by Gasteiger charge is 2.24. The summed E-state index contributed by atoms with van der Waals surface area (Å²) in [6.45, 7) is -0.0232. The average Bonchev–Trinajstić information content (AvgIpc) is 2.55. The Labute approximate surface area is 98.5 Å². The summed E-state index contributed by atoms with van der Waals surface area (Å²) in [4.78, 5) is 11.2. The summed E-state index contributed by atoms with van der Waals surface area (Å²) >= 11 is 0. The van der Waals surface area contributed by atoms with E-state index >= 15 is 0 Å². The van der Waals surface area contributed by atoms with Gasteiger partial charge in [0.15, 0.2) is 9.84 Å². The molecule has 0 bridgehead atoms. The van der Waals surface area contributed by atoms with Crippen LogP contribution in [0.5, 0.6) is 0 Å². The first-order valence-corrected chi connectivity index (χ1v) is 6.50. The lowest BCUT2D eigenvalue weighted by Crippen LogP contribution is -2.21. The fourth-order valence-corrected chi connectivity index (χ4v) is 2.97. The number of rotatable bonds is 3. The molecule has 0 aliphatic carbocycles. The largest absolute Gasteiger partial charge is 0.481 e. The van der Waals surface area contributed by atoms with Gasteiger partial charge in [-0.15, -0.1) is 0 Å². The quantitative estimate of drug-likeness (QED) is 0.820. The topological polar surface area (TPSA) is 97.5 Å². The molecule has 0 radical (unpaired) electrons. The molecule has 1 heterocycles. The lowest BCUT2D eigenvalue weighted by molar-refractivity contribution is -0.138. The Morgan fingerprint density at radius 1 is 1.41 bits per heavy atom. The minimum Gasteiger partial charge on any atom is -0.481 e. The van der Waals surface area contributed by atoms with E-state index in [0.29, 0.717) is 11.1 Å². The highest BCUT2D eigenvalue weighted by Crippen LogP contribution is 2.29. The van der Waals surface area contributed by atoms with Crippen molar-refractivity contribution in [3.8, 4) is 0 Å². The number of nitrogens with two attached hydrogens (primary N) is 1. The summed E-state index contributed by atoms with van der Waals surface area (Å²) in [5, 5.41) is 10.1. The molecule has 0 spiro atoms. The molecule has 6 heteroatoms. The minimum atomic E-state index is -3.33. The fourth-order valence-electron chi connectivity index (χ4n) is 1.79. The molecular formula is C11H11NO4S. The molecule has 0 saturated heterocycles. The second-order valence-corrected chi connectivity index (χ2v) is 5.57. The van der Waals surface area contributed by atoms with Crippen molar-refractivity contribution in [1.29, 1.82) is 0 Å². The van der Waals surface area contributed by atoms with Crippen LogP contribution in [0.4, 0.5) is 0 Å². The van der Waals surface area contributed by atoms with Gasteiger partial charge in [0.25, 0.3) is 0 Å². The number of benzene rings is 1. The second kappa shape index (κ2) is 3.97. The molecule has 90 valence electrons. The van der Waals surface area contributed by atoms with Crippen LogP contribution in [-0.4, -0.2) is 26.0 Å². The van der Waals surface area contributed by atoms with Crippen LogP contribution < -0.4 is 5.73 Å². The third-order valence-electron chi connectivity index (χ3n) is 2.70. The molecule has 3 N–H and O–H groups in total. The van der Waals surface area contributed by atoms with E-state index in [0.717, 1.165) is 5.41 Å². The lowest BCUT2D eigenvalue weighted by atomic mass is 9.97. The van der Waals surface area contributed by atoms with Crippen LogP contribution in [0.15, 0.2) is 28.5 Å². The number of carboxylic acid groups (broad SMARTS) is 1. The lowest BCUT2D eigenvalue weighted by Gasteiger charge is -2.11. The van der Waals surface area contributed by atoms with Gasteiger partial charge in [-0.1, -0.05) is 6.07 Å². The molecule has 1 aromatic carbocycles. The monoisotopic (exact) mass is 253 g/mol. The summed E-state index contributed by atoms with van der Waals surface area (Å²) in [6.07, 6.45) is 1.46. The molecule has 0 amide bonds. The zero-order valence-electron chi connectivity index (χ0n) is 8.83. The van der Waals surface area contributed by atoms with Crippen molar-refractivity contribution in [3.63, 3.8) is 0 Å². The van der Waals surface area contributed by atoms with E-state index in [1.807, 2.05) is 0 Å². The van der Waals surface area contributed by atoms with Gasteiger partial charge in [0, 0.05) is 12.0 Å². The zero-order valence-corrected chi connectivity index (χ0v) is 9.65. The van der Waals surface area contributed by atoms with Crippen LogP contribution in [0.25, 0.3) is 6.08 Å². The number of sulfone groups is 1. The van der Waals surface area contributed by atoms with Crippen LogP contribution in [0.1, 0.15) is 17.0 Å². The molecule has 1 atom stereocenters. The molecular weight excluding hydrogens is 242 g/mol. The van der Waals surface area contributed by atoms with Gasteiger partial charge < -0.3 is 10.8 Å². The average molecular weight is 253 g/mol. The number of hydrogen-bond donors (Lipinski definition) is 2. The Balaban J connectivity index is 2.49. The van der Waals surface area contributed by atoms with Crippen LogP contribution in [0, 0.1) is 0 Å². The zero-order chi connectivity index (χ0) is 12.6. The summed E-state index contributed by atoms with van der Waals surface area (Å²) < 4.78 is 23.0. The summed E-state index contributed by atoms with van der Waals surface area (Å²) in [7, 11) is -3.33. The summed E-state index contributed by atoms with van der Waals surface area (Å²) in [6, 6.07) is 4.47. The molecule has 1 aliphatic heterocycles. The molecule has 0 aromatic heterocycles. The van der Waals surface area contributed by atoms with Gasteiger partial charge in [0.05, 0.1) is 10.8 Å². The van der Waals surface area contributed by atoms with Crippen LogP contribution >= 0.6 is 0 Å². The van der Waals surface area contributed by atoms with Crippen molar-refractivity contribution in [2.45, 2.75) is 10.8 Å². The van der Waals surface area contributed by atoms with Crippen molar-refractivity contribution in [1.82, 2.24) is 0 Å². The van der Waals surface area contributed by atoms with Gasteiger partial charge in [-0.2, -0.15) is 0 Å². The highest BCUT2D eigenvalue weighted by atomic mass is 32.2. The van der Waals surface area contributed by atoms with Gasteiger partial charge in [-0.25, -0.2) is 8.42 Å². The maximum absolute atomic E-state index is 11.5. The third kappa shape index (κ3) is 1.96.